The van der Waals surface area contributed by atoms with Crippen molar-refractivity contribution in [2.75, 3.05) is 66.1 Å². The molecule has 0 saturated heterocycles. The van der Waals surface area contributed by atoms with E-state index in [1.165, 1.54) is 38.5 Å². The van der Waals surface area contributed by atoms with Crippen LogP contribution in [0.1, 0.15) is 90.9 Å². The van der Waals surface area contributed by atoms with Gasteiger partial charge in [-0.3, -0.25) is 9.59 Å². The van der Waals surface area contributed by atoms with Crippen LogP contribution in [0.15, 0.2) is 0 Å². The zero-order chi connectivity index (χ0) is 40.6. The minimum Gasteiger partial charge on any atom is -0.481 e. The van der Waals surface area contributed by atoms with Crippen LogP contribution in [0, 0.1) is 0 Å². The smallest absolute Gasteiger partial charge is 0.303 e. The van der Waals surface area contributed by atoms with Crippen molar-refractivity contribution in [1.29, 1.82) is 0 Å². The van der Waals surface area contributed by atoms with E-state index in [2.05, 4.69) is 13.8 Å². The van der Waals surface area contributed by atoms with Crippen LogP contribution in [-0.2, 0) is 9.59 Å². The Morgan fingerprint density at radius 2 is 0.500 bits per heavy atom. The fourth-order valence-electron chi connectivity index (χ4n) is 2.05. The zero-order valence-corrected chi connectivity index (χ0v) is 29.9. The average Bonchev–Trinajstić information content (AvgIpc) is 3.14. The predicted molar refractivity (Wildman–Crippen MR) is 183 cm³/mol. The molecule has 19 heteroatoms. The third-order valence-electron chi connectivity index (χ3n) is 5.10. The van der Waals surface area contributed by atoms with E-state index in [9.17, 15) is 9.59 Å². The third-order valence-corrected chi connectivity index (χ3v) is 5.10. The van der Waals surface area contributed by atoms with Gasteiger partial charge in [-0.25, -0.2) is 0 Å². The van der Waals surface area contributed by atoms with Gasteiger partial charge in [0.15, 0.2) is 0 Å². The molecular formula is C31H72O19. The molecule has 0 amide bonds. The Labute approximate surface area is 296 Å². The Morgan fingerprint density at radius 3 is 0.600 bits per heavy atom. The lowest BCUT2D eigenvalue weighted by Crippen LogP contribution is -2.15. The molecule has 0 saturated carbocycles. The Hall–Kier alpha value is -1.66. The van der Waals surface area contributed by atoms with Crippen molar-refractivity contribution in [3.8, 4) is 0 Å². The molecule has 0 spiro atoms. The minimum absolute atomic E-state index is 0.337. The first-order valence-electron chi connectivity index (χ1n) is 16.5. The van der Waals surface area contributed by atoms with E-state index >= 15 is 0 Å². The summed E-state index contributed by atoms with van der Waals surface area (Å²) < 4.78 is 0. The monoisotopic (exact) mass is 748 g/mol. The highest BCUT2D eigenvalue weighted by molar-refractivity contribution is 5.66. The Bertz CT molecular complexity index is 488. The highest BCUT2D eigenvalue weighted by Crippen LogP contribution is 2.05. The van der Waals surface area contributed by atoms with Crippen LogP contribution in [0.25, 0.3) is 0 Å². The highest BCUT2D eigenvalue weighted by atomic mass is 16.4. The van der Waals surface area contributed by atoms with E-state index < -0.39 is 42.5 Å². The van der Waals surface area contributed by atoms with Gasteiger partial charge in [0.05, 0.1) is 66.1 Å². The number of rotatable bonds is 22. The van der Waals surface area contributed by atoms with Crippen LogP contribution in [0.3, 0.4) is 0 Å². The summed E-state index contributed by atoms with van der Waals surface area (Å²) in [5.41, 5.74) is 0. The Kier molecular flexibility index (Phi) is 75.4. The molecule has 0 unspecified atom stereocenters. The number of carboxylic acid groups (broad SMARTS) is 2. The van der Waals surface area contributed by atoms with Gasteiger partial charge in [-0.15, -0.1) is 0 Å². The summed E-state index contributed by atoms with van der Waals surface area (Å²) in [4.78, 5) is 20.1. The predicted octanol–water partition coefficient (Wildman–Crippen LogP) is -3.48. The van der Waals surface area contributed by atoms with Gasteiger partial charge in [0.1, 0.15) is 30.5 Å². The first-order valence-corrected chi connectivity index (χ1v) is 16.5. The maximum Gasteiger partial charge on any atom is 0.303 e. The highest BCUT2D eigenvalue weighted by Gasteiger charge is 1.97. The van der Waals surface area contributed by atoms with E-state index in [1.54, 1.807) is 0 Å². The van der Waals surface area contributed by atoms with Gasteiger partial charge in [-0.2, -0.15) is 0 Å². The number of aliphatic carboxylic acids is 2. The largest absolute Gasteiger partial charge is 0.481 e. The molecule has 0 rings (SSSR count). The lowest BCUT2D eigenvalue weighted by molar-refractivity contribution is -0.138. The van der Waals surface area contributed by atoms with Gasteiger partial charge in [-0.1, -0.05) is 65.2 Å². The molecule has 0 aliphatic carbocycles. The molecule has 0 aliphatic rings. The number of carbonyl (C=O) groups is 2. The van der Waals surface area contributed by atoms with Crippen molar-refractivity contribution in [2.24, 2.45) is 0 Å². The molecule has 310 valence electrons. The number of aliphatic hydroxyl groups excluding tert-OH is 15. The van der Waals surface area contributed by atoms with Crippen LogP contribution in [0.5, 0.6) is 0 Å². The van der Waals surface area contributed by atoms with E-state index in [4.69, 9.17) is 86.8 Å². The van der Waals surface area contributed by atoms with Gasteiger partial charge in [0.2, 0.25) is 0 Å². The summed E-state index contributed by atoms with van der Waals surface area (Å²) in [7, 11) is 0. The van der Waals surface area contributed by atoms with Crippen molar-refractivity contribution < 1.29 is 96.4 Å². The van der Waals surface area contributed by atoms with E-state index in [0.717, 1.165) is 25.7 Å². The Balaban J connectivity index is -0.0000000876. The summed E-state index contributed by atoms with van der Waals surface area (Å²) in [6.07, 6.45) is 7.00. The summed E-state index contributed by atoms with van der Waals surface area (Å²) in [5.74, 6) is -1.34. The second kappa shape index (κ2) is 59.5. The van der Waals surface area contributed by atoms with Gasteiger partial charge in [0.25, 0.3) is 0 Å². The van der Waals surface area contributed by atoms with Crippen molar-refractivity contribution in [2.45, 2.75) is 121 Å². The molecule has 0 aromatic rings. The van der Waals surface area contributed by atoms with Crippen LogP contribution in [0.2, 0.25) is 0 Å². The van der Waals surface area contributed by atoms with Crippen molar-refractivity contribution in [3.63, 3.8) is 0 Å². The van der Waals surface area contributed by atoms with Gasteiger partial charge >= 0.3 is 11.9 Å². The first kappa shape index (κ1) is 63.4. The van der Waals surface area contributed by atoms with Crippen LogP contribution in [0.4, 0.5) is 0 Å². The fourth-order valence-corrected chi connectivity index (χ4v) is 2.05. The molecule has 17 N–H and O–H groups in total. The molecule has 0 aliphatic heterocycles. The number of hydrogen-bond acceptors (Lipinski definition) is 17. The molecule has 19 nitrogen and oxygen atoms in total. The lowest BCUT2D eigenvalue weighted by Gasteiger charge is -1.96. The summed E-state index contributed by atoms with van der Waals surface area (Å²) >= 11 is 0. The van der Waals surface area contributed by atoms with Crippen molar-refractivity contribution in [3.05, 3.63) is 0 Å². The first-order chi connectivity index (χ1) is 23.6. The minimum atomic E-state index is -0.954. The second-order valence-corrected chi connectivity index (χ2v) is 10.2. The van der Waals surface area contributed by atoms with E-state index in [1.807, 2.05) is 0 Å². The molecule has 0 bridgehead atoms. The maximum absolute atomic E-state index is 10.0. The number of carboxylic acids is 2. The maximum atomic E-state index is 10.0. The summed E-state index contributed by atoms with van der Waals surface area (Å²) in [5, 5.41) is 137. The Morgan fingerprint density at radius 1 is 0.340 bits per heavy atom. The van der Waals surface area contributed by atoms with Gasteiger partial charge in [0, 0.05) is 12.8 Å². The molecule has 0 heterocycles. The van der Waals surface area contributed by atoms with E-state index in [-0.39, 0.29) is 66.1 Å². The van der Waals surface area contributed by atoms with Crippen molar-refractivity contribution in [1.82, 2.24) is 0 Å². The van der Waals surface area contributed by atoms with Gasteiger partial charge in [-0.05, 0) is 12.8 Å². The van der Waals surface area contributed by atoms with E-state index in [0.29, 0.717) is 12.8 Å². The second-order valence-electron chi connectivity index (χ2n) is 10.2. The molecule has 50 heavy (non-hydrogen) atoms. The topological polar surface area (TPSA) is 378 Å². The summed E-state index contributed by atoms with van der Waals surface area (Å²) in [6, 6.07) is 0. The van der Waals surface area contributed by atoms with Crippen molar-refractivity contribution >= 4 is 11.9 Å². The fraction of sp³-hybridized carbons (Fsp3) is 0.935. The lowest BCUT2D eigenvalue weighted by atomic mass is 10.1. The third kappa shape index (κ3) is 91.1. The SMILES string of the molecule is CCCCCCCC(=O)O.CCCCCCCC(=O)O.OCC(O)CO.OCC(O)CO.OCC(O)CO.OCC(O)CO.OCC(O)CO. The number of unbranched alkanes of at least 4 members (excludes halogenated alkanes) is 8. The standard InChI is InChI=1S/2C8H16O2.5C3H8O3/c2*1-2-3-4-5-6-7-8(9)10;5*4-1-3(6)2-5/h2*2-7H2,1H3,(H,9,10);5*3-6H,1-2H2. The average molecular weight is 749 g/mol. The number of aliphatic hydroxyl groups is 15. The normalized spacial score (nSPS) is 9.88. The summed E-state index contributed by atoms with van der Waals surface area (Å²) in [6.45, 7) is 0.654. The van der Waals surface area contributed by atoms with Gasteiger partial charge < -0.3 is 86.8 Å². The molecule has 0 aromatic heterocycles. The van der Waals surface area contributed by atoms with Crippen LogP contribution in [-0.4, -0.2) is 195 Å². The molecular weight excluding hydrogens is 676 g/mol. The molecule has 0 aromatic carbocycles. The van der Waals surface area contributed by atoms with Crippen LogP contribution >= 0.6 is 0 Å². The zero-order valence-electron chi connectivity index (χ0n) is 29.9. The van der Waals surface area contributed by atoms with Crippen LogP contribution < -0.4 is 0 Å². The number of hydrogen-bond donors (Lipinski definition) is 17. The molecule has 0 atom stereocenters. The molecule has 0 radical (unpaired) electrons. The molecule has 0 fully saturated rings. The quantitative estimate of drug-likeness (QED) is 0.0478.